The van der Waals surface area contributed by atoms with Crippen LogP contribution < -0.4 is 14.8 Å². The first-order valence-electron chi connectivity index (χ1n) is 9.28. The number of anilines is 1. The van der Waals surface area contributed by atoms with Gasteiger partial charge in [0.05, 0.1) is 11.6 Å². The molecule has 29 heavy (non-hydrogen) atoms. The van der Waals surface area contributed by atoms with Gasteiger partial charge in [0.25, 0.3) is 0 Å². The summed E-state index contributed by atoms with van der Waals surface area (Å²) in [5.41, 5.74) is 4.07. The van der Waals surface area contributed by atoms with E-state index in [0.29, 0.717) is 39.7 Å². The highest BCUT2D eigenvalue weighted by Crippen LogP contribution is 2.38. The van der Waals surface area contributed by atoms with Gasteiger partial charge in [0.2, 0.25) is 0 Å². The van der Waals surface area contributed by atoms with E-state index in [1.807, 2.05) is 37.3 Å². The molecule has 0 amide bonds. The number of hydrogen-bond acceptors (Lipinski definition) is 3. The number of ether oxygens (including phenoxy) is 2. The number of halogens is 3. The molecule has 0 radical (unpaired) electrons. The van der Waals surface area contributed by atoms with Gasteiger partial charge in [0, 0.05) is 27.8 Å². The minimum absolute atomic E-state index is 0.261. The molecule has 3 nitrogen and oxygen atoms in total. The Hall–Kier alpha value is -2.07. The molecule has 0 unspecified atom stereocenters. The predicted molar refractivity (Wildman–Crippen MR) is 122 cm³/mol. The number of aryl methyl sites for hydroxylation is 1. The second-order valence-electron chi connectivity index (χ2n) is 6.59. The lowest BCUT2D eigenvalue weighted by atomic mass is 10.1. The van der Waals surface area contributed by atoms with E-state index in [-0.39, 0.29) is 6.61 Å². The van der Waals surface area contributed by atoms with Crippen LogP contribution in [0.2, 0.25) is 15.1 Å². The number of benzene rings is 3. The zero-order valence-corrected chi connectivity index (χ0v) is 18.5. The quantitative estimate of drug-likeness (QED) is 0.384. The van der Waals surface area contributed by atoms with Crippen molar-refractivity contribution in [3.8, 4) is 11.5 Å². The van der Waals surface area contributed by atoms with Gasteiger partial charge in [-0.1, -0.05) is 53.0 Å². The highest BCUT2D eigenvalue weighted by atomic mass is 35.5. The first kappa shape index (κ1) is 21.6. The lowest BCUT2D eigenvalue weighted by molar-refractivity contribution is 0.269. The van der Waals surface area contributed by atoms with E-state index in [4.69, 9.17) is 44.3 Å². The third kappa shape index (κ3) is 5.96. The number of nitrogens with one attached hydrogen (secondary N) is 1. The molecule has 0 saturated heterocycles. The normalized spacial score (nSPS) is 10.7. The summed E-state index contributed by atoms with van der Waals surface area (Å²) in [5, 5.41) is 5.02. The van der Waals surface area contributed by atoms with Gasteiger partial charge in [-0.15, -0.1) is 0 Å². The maximum Gasteiger partial charge on any atom is 0.180 e. The van der Waals surface area contributed by atoms with Crippen LogP contribution in [0.4, 0.5) is 5.69 Å². The Morgan fingerprint density at radius 2 is 1.72 bits per heavy atom. The summed E-state index contributed by atoms with van der Waals surface area (Å²) in [5.74, 6) is 1.10. The summed E-state index contributed by atoms with van der Waals surface area (Å²) in [7, 11) is 0. The van der Waals surface area contributed by atoms with Gasteiger partial charge in [-0.25, -0.2) is 0 Å². The number of hydrogen-bond donors (Lipinski definition) is 1. The molecule has 1 N–H and O–H groups in total. The molecule has 152 valence electrons. The lowest BCUT2D eigenvalue weighted by Gasteiger charge is -2.16. The summed E-state index contributed by atoms with van der Waals surface area (Å²) >= 11 is 18.7. The van der Waals surface area contributed by atoms with Crippen LogP contribution in [-0.2, 0) is 13.2 Å². The van der Waals surface area contributed by atoms with Crippen molar-refractivity contribution in [1.29, 1.82) is 0 Å². The van der Waals surface area contributed by atoms with Gasteiger partial charge < -0.3 is 14.8 Å². The zero-order chi connectivity index (χ0) is 20.8. The van der Waals surface area contributed by atoms with Gasteiger partial charge in [-0.2, -0.15) is 0 Å². The number of rotatable bonds is 8. The highest BCUT2D eigenvalue weighted by molar-refractivity contribution is 6.35. The van der Waals surface area contributed by atoms with Crippen LogP contribution in [0.1, 0.15) is 23.6 Å². The van der Waals surface area contributed by atoms with Crippen molar-refractivity contribution >= 4 is 40.5 Å². The summed E-state index contributed by atoms with van der Waals surface area (Å²) in [6.07, 6.45) is 0. The molecule has 0 fully saturated rings. The first-order chi connectivity index (χ1) is 14.0. The Bertz CT molecular complexity index is 992. The molecule has 0 saturated carbocycles. The molecule has 0 aliphatic heterocycles. The van der Waals surface area contributed by atoms with E-state index in [9.17, 15) is 0 Å². The Labute approximate surface area is 186 Å². The van der Waals surface area contributed by atoms with Crippen LogP contribution in [0.25, 0.3) is 0 Å². The average molecular weight is 451 g/mol. The standard InChI is InChI=1S/C23H22Cl3NO2/c1-3-28-22-11-16(13-27-19-6-4-5-15(2)9-19)10-21(26)23(22)29-14-17-7-8-18(24)12-20(17)25/h4-12,27H,3,13-14H2,1-2H3. The fraction of sp³-hybridized carbons (Fsp3) is 0.217. The van der Waals surface area contributed by atoms with E-state index in [0.717, 1.165) is 16.8 Å². The van der Waals surface area contributed by atoms with Gasteiger partial charge in [-0.3, -0.25) is 0 Å². The van der Waals surface area contributed by atoms with E-state index in [1.54, 1.807) is 12.1 Å². The smallest absolute Gasteiger partial charge is 0.180 e. The summed E-state index contributed by atoms with van der Waals surface area (Å²) in [6.45, 7) is 5.37. The molecule has 3 rings (SSSR count). The van der Waals surface area contributed by atoms with E-state index >= 15 is 0 Å². The van der Waals surface area contributed by atoms with E-state index < -0.39 is 0 Å². The third-order valence-electron chi connectivity index (χ3n) is 4.27. The van der Waals surface area contributed by atoms with Crippen LogP contribution in [0.3, 0.4) is 0 Å². The lowest BCUT2D eigenvalue weighted by Crippen LogP contribution is -2.04. The van der Waals surface area contributed by atoms with Crippen molar-refractivity contribution < 1.29 is 9.47 Å². The fourth-order valence-electron chi connectivity index (χ4n) is 2.87. The summed E-state index contributed by atoms with van der Waals surface area (Å²) in [6, 6.07) is 17.3. The molecule has 0 heterocycles. The van der Waals surface area contributed by atoms with Crippen molar-refractivity contribution in [2.75, 3.05) is 11.9 Å². The summed E-state index contributed by atoms with van der Waals surface area (Å²) in [4.78, 5) is 0. The monoisotopic (exact) mass is 449 g/mol. The Balaban J connectivity index is 1.76. The van der Waals surface area contributed by atoms with Crippen molar-refractivity contribution in [2.24, 2.45) is 0 Å². The second-order valence-corrected chi connectivity index (χ2v) is 7.84. The first-order valence-corrected chi connectivity index (χ1v) is 10.4. The van der Waals surface area contributed by atoms with E-state index in [2.05, 4.69) is 24.4 Å². The molecule has 0 bridgehead atoms. The fourth-order valence-corrected chi connectivity index (χ4v) is 3.63. The molecule has 0 aliphatic rings. The van der Waals surface area contributed by atoms with Crippen LogP contribution in [-0.4, -0.2) is 6.61 Å². The van der Waals surface area contributed by atoms with Gasteiger partial charge in [-0.05, 0) is 61.4 Å². The van der Waals surface area contributed by atoms with Gasteiger partial charge in [0.15, 0.2) is 11.5 Å². The molecule has 0 spiro atoms. The molecular formula is C23H22Cl3NO2. The maximum absolute atomic E-state index is 6.52. The Morgan fingerprint density at radius 1 is 0.897 bits per heavy atom. The maximum atomic E-state index is 6.52. The highest BCUT2D eigenvalue weighted by Gasteiger charge is 2.14. The molecule has 0 aromatic heterocycles. The van der Waals surface area contributed by atoms with Gasteiger partial charge in [0.1, 0.15) is 6.61 Å². The van der Waals surface area contributed by atoms with Crippen LogP contribution in [0.15, 0.2) is 54.6 Å². The van der Waals surface area contributed by atoms with Crippen molar-refractivity contribution in [1.82, 2.24) is 0 Å². The molecule has 3 aromatic rings. The van der Waals surface area contributed by atoms with Crippen LogP contribution in [0.5, 0.6) is 11.5 Å². The van der Waals surface area contributed by atoms with Crippen molar-refractivity contribution in [2.45, 2.75) is 27.0 Å². The minimum atomic E-state index is 0.261. The molecular weight excluding hydrogens is 429 g/mol. The average Bonchev–Trinajstić information content (AvgIpc) is 2.67. The molecule has 0 aliphatic carbocycles. The second kappa shape index (κ2) is 10.1. The zero-order valence-electron chi connectivity index (χ0n) is 16.3. The van der Waals surface area contributed by atoms with Gasteiger partial charge >= 0.3 is 0 Å². The van der Waals surface area contributed by atoms with Crippen LogP contribution >= 0.6 is 34.8 Å². The molecule has 6 heteroatoms. The Morgan fingerprint density at radius 3 is 2.45 bits per heavy atom. The van der Waals surface area contributed by atoms with E-state index in [1.165, 1.54) is 5.56 Å². The largest absolute Gasteiger partial charge is 0.490 e. The van der Waals surface area contributed by atoms with Crippen molar-refractivity contribution in [3.63, 3.8) is 0 Å². The molecule has 3 aromatic carbocycles. The van der Waals surface area contributed by atoms with Crippen LogP contribution in [0, 0.1) is 6.92 Å². The predicted octanol–water partition coefficient (Wildman–Crippen LogP) is 7.55. The summed E-state index contributed by atoms with van der Waals surface area (Å²) < 4.78 is 11.7. The topological polar surface area (TPSA) is 30.5 Å². The molecule has 0 atom stereocenters. The minimum Gasteiger partial charge on any atom is -0.490 e. The Kier molecular flexibility index (Phi) is 7.54. The third-order valence-corrected chi connectivity index (χ3v) is 5.14. The van der Waals surface area contributed by atoms with Crippen molar-refractivity contribution in [3.05, 3.63) is 86.4 Å². The SMILES string of the molecule is CCOc1cc(CNc2cccc(C)c2)cc(Cl)c1OCc1ccc(Cl)cc1Cl.